The maximum atomic E-state index is 12.3. The molecule has 0 saturated heterocycles. The molecule has 0 spiro atoms. The van der Waals surface area contributed by atoms with Gasteiger partial charge in [0.25, 0.3) is 6.43 Å². The smallest absolute Gasteiger partial charge is 0.280 e. The molecule has 0 aliphatic rings. The zero-order valence-electron chi connectivity index (χ0n) is 7.54. The van der Waals surface area contributed by atoms with E-state index in [1.165, 1.54) is 0 Å². The molecule has 0 amide bonds. The monoisotopic (exact) mass is 232 g/mol. The van der Waals surface area contributed by atoms with Gasteiger partial charge in [-0.3, -0.25) is 0 Å². The summed E-state index contributed by atoms with van der Waals surface area (Å²) < 4.78 is 24.7. The molecule has 0 aliphatic carbocycles. The summed E-state index contributed by atoms with van der Waals surface area (Å²) in [5.41, 5.74) is -0.172. The van der Waals surface area contributed by atoms with Crippen LogP contribution in [0.15, 0.2) is 6.07 Å². The van der Waals surface area contributed by atoms with Gasteiger partial charge < -0.3 is 5.11 Å². The highest BCUT2D eigenvalue weighted by molar-refractivity contribution is 6.17. The Bertz CT molecular complexity index is 404. The Kier molecular flexibility index (Phi) is 3.95. The Morgan fingerprint density at radius 3 is 2.67 bits per heavy atom. The van der Waals surface area contributed by atoms with E-state index in [1.54, 1.807) is 6.07 Å². The lowest BCUT2D eigenvalue weighted by molar-refractivity contribution is 0.145. The van der Waals surface area contributed by atoms with Crippen LogP contribution in [0.1, 0.15) is 28.9 Å². The SMILES string of the molecule is N#Cc1nc(C(F)F)cc(CO)c1CCl. The fourth-order valence-electron chi connectivity index (χ4n) is 1.14. The first kappa shape index (κ1) is 11.8. The number of hydrogen-bond donors (Lipinski definition) is 1. The quantitative estimate of drug-likeness (QED) is 0.812. The summed E-state index contributed by atoms with van der Waals surface area (Å²) in [4.78, 5) is 3.46. The summed E-state index contributed by atoms with van der Waals surface area (Å²) in [5.74, 6) is -0.0463. The third-order valence-electron chi connectivity index (χ3n) is 1.87. The largest absolute Gasteiger partial charge is 0.392 e. The highest BCUT2D eigenvalue weighted by atomic mass is 35.5. The Labute approximate surface area is 89.9 Å². The fraction of sp³-hybridized carbons (Fsp3) is 0.333. The number of hydrogen-bond acceptors (Lipinski definition) is 3. The maximum Gasteiger partial charge on any atom is 0.280 e. The van der Waals surface area contributed by atoms with Crippen molar-refractivity contribution in [3.63, 3.8) is 0 Å². The number of aromatic nitrogens is 1. The molecule has 1 N–H and O–H groups in total. The van der Waals surface area contributed by atoms with Crippen LogP contribution in [0.3, 0.4) is 0 Å². The summed E-state index contributed by atoms with van der Waals surface area (Å²) in [6.07, 6.45) is -2.77. The molecule has 3 nitrogen and oxygen atoms in total. The topological polar surface area (TPSA) is 56.9 Å². The highest BCUT2D eigenvalue weighted by Crippen LogP contribution is 2.23. The van der Waals surface area contributed by atoms with Crippen molar-refractivity contribution in [2.45, 2.75) is 18.9 Å². The lowest BCUT2D eigenvalue weighted by atomic mass is 10.1. The average Bonchev–Trinajstić information content (AvgIpc) is 2.26. The van der Waals surface area contributed by atoms with E-state index in [9.17, 15) is 8.78 Å². The van der Waals surface area contributed by atoms with Crippen LogP contribution in [-0.4, -0.2) is 10.1 Å². The van der Waals surface area contributed by atoms with Crippen LogP contribution in [0.5, 0.6) is 0 Å². The standard InChI is InChI=1S/C9H7ClF2N2O/c10-2-6-5(4-15)1-7(9(11)12)14-8(6)3-13/h1,9,15H,2,4H2. The molecule has 0 aliphatic heterocycles. The molecule has 0 fully saturated rings. The zero-order valence-corrected chi connectivity index (χ0v) is 8.30. The second kappa shape index (κ2) is 5.01. The van der Waals surface area contributed by atoms with Crippen LogP contribution in [0, 0.1) is 11.3 Å². The average molecular weight is 233 g/mol. The van der Waals surface area contributed by atoms with Gasteiger partial charge in [0, 0.05) is 5.56 Å². The van der Waals surface area contributed by atoms with Crippen molar-refractivity contribution in [3.8, 4) is 6.07 Å². The Morgan fingerprint density at radius 2 is 2.27 bits per heavy atom. The first-order valence-corrected chi connectivity index (χ1v) is 4.55. The Balaban J connectivity index is 3.37. The van der Waals surface area contributed by atoms with E-state index in [-0.39, 0.29) is 17.1 Å². The zero-order chi connectivity index (χ0) is 11.4. The van der Waals surface area contributed by atoms with Gasteiger partial charge in [-0.1, -0.05) is 0 Å². The summed E-state index contributed by atoms with van der Waals surface area (Å²) in [6, 6.07) is 2.74. The molecule has 0 unspecified atom stereocenters. The molecule has 80 valence electrons. The van der Waals surface area contributed by atoms with E-state index in [2.05, 4.69) is 4.98 Å². The minimum absolute atomic E-state index is 0.0463. The van der Waals surface area contributed by atoms with Gasteiger partial charge in [-0.25, -0.2) is 13.8 Å². The van der Waals surface area contributed by atoms with Crippen molar-refractivity contribution in [2.24, 2.45) is 0 Å². The number of nitrogens with zero attached hydrogens (tertiary/aromatic N) is 2. The first-order chi connectivity index (χ1) is 7.13. The minimum atomic E-state index is -2.77. The maximum absolute atomic E-state index is 12.3. The molecule has 0 bridgehead atoms. The number of aliphatic hydroxyl groups is 1. The molecule has 1 heterocycles. The second-order valence-corrected chi connectivity index (χ2v) is 3.00. The molecule has 0 atom stereocenters. The van der Waals surface area contributed by atoms with Gasteiger partial charge in [0.05, 0.1) is 12.5 Å². The van der Waals surface area contributed by atoms with Crippen LogP contribution < -0.4 is 0 Å². The van der Waals surface area contributed by atoms with Crippen molar-refractivity contribution in [3.05, 3.63) is 28.6 Å². The van der Waals surface area contributed by atoms with Gasteiger partial charge in [0.15, 0.2) is 0 Å². The van der Waals surface area contributed by atoms with Crippen LogP contribution in [0.4, 0.5) is 8.78 Å². The van der Waals surface area contributed by atoms with Gasteiger partial charge in [0.2, 0.25) is 0 Å². The minimum Gasteiger partial charge on any atom is -0.392 e. The Morgan fingerprint density at radius 1 is 1.60 bits per heavy atom. The number of halogens is 3. The van der Waals surface area contributed by atoms with Gasteiger partial charge in [-0.15, -0.1) is 11.6 Å². The van der Waals surface area contributed by atoms with Crippen LogP contribution in [0.25, 0.3) is 0 Å². The predicted octanol–water partition coefficient (Wildman–Crippen LogP) is 2.12. The number of rotatable bonds is 3. The third-order valence-corrected chi connectivity index (χ3v) is 2.14. The van der Waals surface area contributed by atoms with Crippen molar-refractivity contribution in [1.82, 2.24) is 4.98 Å². The predicted molar refractivity (Wildman–Crippen MR) is 49.4 cm³/mol. The van der Waals surface area contributed by atoms with Crippen LogP contribution in [0.2, 0.25) is 0 Å². The van der Waals surface area contributed by atoms with Gasteiger partial charge in [-0.2, -0.15) is 5.26 Å². The number of pyridine rings is 1. The summed E-state index contributed by atoms with van der Waals surface area (Å²) in [6.45, 7) is -0.445. The molecule has 0 aromatic carbocycles. The molecule has 1 rings (SSSR count). The third kappa shape index (κ3) is 2.41. The number of aliphatic hydroxyl groups excluding tert-OH is 1. The molecular formula is C9H7ClF2N2O. The van der Waals surface area contributed by atoms with Crippen LogP contribution in [-0.2, 0) is 12.5 Å². The summed E-state index contributed by atoms with van der Waals surface area (Å²) in [7, 11) is 0. The van der Waals surface area contributed by atoms with E-state index in [4.69, 9.17) is 22.0 Å². The van der Waals surface area contributed by atoms with Gasteiger partial charge in [-0.05, 0) is 11.6 Å². The lowest BCUT2D eigenvalue weighted by Gasteiger charge is -2.08. The molecule has 15 heavy (non-hydrogen) atoms. The van der Waals surface area contributed by atoms with E-state index >= 15 is 0 Å². The molecule has 6 heteroatoms. The van der Waals surface area contributed by atoms with E-state index in [1.807, 2.05) is 0 Å². The number of nitriles is 1. The van der Waals surface area contributed by atoms with E-state index < -0.39 is 18.7 Å². The second-order valence-electron chi connectivity index (χ2n) is 2.74. The van der Waals surface area contributed by atoms with Crippen molar-refractivity contribution >= 4 is 11.6 Å². The van der Waals surface area contributed by atoms with Crippen molar-refractivity contribution in [2.75, 3.05) is 0 Å². The van der Waals surface area contributed by atoms with Crippen LogP contribution >= 0.6 is 11.6 Å². The van der Waals surface area contributed by atoms with Gasteiger partial charge in [0.1, 0.15) is 17.5 Å². The lowest BCUT2D eigenvalue weighted by Crippen LogP contribution is -2.03. The van der Waals surface area contributed by atoms with Gasteiger partial charge >= 0.3 is 0 Å². The summed E-state index contributed by atoms with van der Waals surface area (Å²) in [5, 5.41) is 17.6. The molecule has 0 radical (unpaired) electrons. The molecule has 1 aromatic rings. The molecule has 1 aromatic heterocycles. The van der Waals surface area contributed by atoms with E-state index in [0.29, 0.717) is 5.56 Å². The molecule has 0 saturated carbocycles. The normalized spacial score (nSPS) is 10.4. The molecular weight excluding hydrogens is 226 g/mol. The van der Waals surface area contributed by atoms with Crippen molar-refractivity contribution in [1.29, 1.82) is 5.26 Å². The van der Waals surface area contributed by atoms with Crippen molar-refractivity contribution < 1.29 is 13.9 Å². The van der Waals surface area contributed by atoms with E-state index in [0.717, 1.165) is 6.07 Å². The Hall–Kier alpha value is -1.25. The number of alkyl halides is 3. The highest BCUT2D eigenvalue weighted by Gasteiger charge is 2.16. The fourth-order valence-corrected chi connectivity index (χ4v) is 1.44. The first-order valence-electron chi connectivity index (χ1n) is 4.01. The summed E-state index contributed by atoms with van der Waals surface area (Å²) >= 11 is 5.54.